The van der Waals surface area contributed by atoms with Gasteiger partial charge in [-0.2, -0.15) is 0 Å². The van der Waals surface area contributed by atoms with Gasteiger partial charge in [-0.15, -0.1) is 0 Å². The fourth-order valence-electron chi connectivity index (χ4n) is 0. The molecule has 0 spiro atoms. The van der Waals surface area contributed by atoms with Crippen LogP contribution in [0.1, 0.15) is 0 Å². The topological polar surface area (TPSA) is 259 Å². The molecule has 0 aromatic heterocycles. The third-order valence-corrected chi connectivity index (χ3v) is 0. The molecule has 0 unspecified atom stereocenters. The average molecular weight is 659 g/mol. The van der Waals surface area contributed by atoms with E-state index >= 15 is 0 Å². The van der Waals surface area contributed by atoms with Crippen LogP contribution in [-0.4, -0.2) is 43.5 Å². The first-order valence-corrected chi connectivity index (χ1v) is 11.4. The molecule has 0 rings (SSSR count). The zero-order valence-electron chi connectivity index (χ0n) is 7.55. The third kappa shape index (κ3) is 934. The summed E-state index contributed by atoms with van der Waals surface area (Å²) in [7, 11) is 0. The standard InChI is InChI=1S/3AsH3O4.Cr.3Cu/c3*2-1(3,4)5;;;;/h3*(H3,2,3,4,5);;;;/q;;;+3;3*+2/p-9. The predicted octanol–water partition coefficient (Wildman–Crippen LogP) is -12.2. The molecule has 0 bridgehead atoms. The maximum absolute atomic E-state index is 8.61. The normalized spacial score (nSPS) is 9.32. The van der Waals surface area contributed by atoms with Gasteiger partial charge in [0, 0.05) is 0 Å². The fourth-order valence-corrected chi connectivity index (χ4v) is 0. The van der Waals surface area contributed by atoms with E-state index in [0.717, 1.165) is 0 Å². The van der Waals surface area contributed by atoms with Crippen molar-refractivity contribution in [3.05, 3.63) is 0 Å². The van der Waals surface area contributed by atoms with E-state index in [4.69, 9.17) is 48.1 Å². The Bertz CT molecular complexity index is 214. The van der Waals surface area contributed by atoms with Gasteiger partial charge in [-0.05, 0) is 0 Å². The molecule has 0 aromatic rings. The summed E-state index contributed by atoms with van der Waals surface area (Å²) >= 11 is -17.6. The van der Waals surface area contributed by atoms with E-state index in [-0.39, 0.29) is 68.6 Å². The first-order chi connectivity index (χ1) is 6.00. The van der Waals surface area contributed by atoms with Gasteiger partial charge in [0.05, 0.1) is 0 Å². The van der Waals surface area contributed by atoms with E-state index in [9.17, 15) is 0 Å². The van der Waals surface area contributed by atoms with Crippen LogP contribution >= 0.6 is 0 Å². The molecule has 0 fully saturated rings. The van der Waals surface area contributed by atoms with Crippen molar-refractivity contribution in [3.63, 3.8) is 0 Å². The SMILES string of the molecule is O=[As]([O-])([O-])[O-].O=[As]([O-])([O-])[O-].O=[As]([O-])([O-])[O-].[Cr+3].[Cu+2].[Cu+2].[Cu+2]. The molecule has 126 valence electrons. The van der Waals surface area contributed by atoms with Crippen LogP contribution in [0.2, 0.25) is 0 Å². The molecule has 0 saturated carbocycles. The Balaban J connectivity index is -0.0000000206. The van der Waals surface area contributed by atoms with Crippen LogP contribution in [0.15, 0.2) is 0 Å². The number of rotatable bonds is 0. The van der Waals surface area contributed by atoms with Crippen LogP contribution in [0.3, 0.4) is 0 Å². The Morgan fingerprint density at radius 3 is 0.421 bits per heavy atom. The molecule has 4 radical (unpaired) electrons. The Morgan fingerprint density at radius 1 is 0.421 bits per heavy atom. The van der Waals surface area contributed by atoms with Gasteiger partial charge in [-0.3, -0.25) is 0 Å². The molecule has 0 aliphatic rings. The van der Waals surface area contributed by atoms with Gasteiger partial charge in [0.25, 0.3) is 0 Å². The van der Waals surface area contributed by atoms with E-state index in [2.05, 4.69) is 0 Å². The summed E-state index contributed by atoms with van der Waals surface area (Å²) in [5.41, 5.74) is 0. The molecule has 0 heterocycles. The minimum atomic E-state index is -5.88. The molecular weight excluding hydrogens is 659 g/mol. The Morgan fingerprint density at radius 2 is 0.421 bits per heavy atom. The van der Waals surface area contributed by atoms with Crippen molar-refractivity contribution in [2.75, 3.05) is 0 Å². The van der Waals surface area contributed by atoms with Gasteiger partial charge < -0.3 is 0 Å². The maximum atomic E-state index is 8.61. The smallest absolute Gasteiger partial charge is 2.00 e. The second-order valence-electron chi connectivity index (χ2n) is 1.34. The summed E-state index contributed by atoms with van der Waals surface area (Å²) in [5, 5.41) is 0. The van der Waals surface area contributed by atoms with Crippen molar-refractivity contribution in [1.29, 1.82) is 0 Å². The van der Waals surface area contributed by atoms with Crippen LogP contribution in [0, 0.1) is 0 Å². The summed E-state index contributed by atoms with van der Waals surface area (Å²) in [6, 6.07) is 0. The molecule has 0 saturated heterocycles. The first-order valence-electron chi connectivity index (χ1n) is 2.19. The van der Waals surface area contributed by atoms with E-state index in [1.807, 2.05) is 0 Å². The zero-order chi connectivity index (χ0) is 13.5. The van der Waals surface area contributed by atoms with Crippen LogP contribution in [0.5, 0.6) is 0 Å². The van der Waals surface area contributed by atoms with Crippen molar-refractivity contribution in [3.8, 4) is 0 Å². The second kappa shape index (κ2) is 18.9. The van der Waals surface area contributed by atoms with Gasteiger partial charge >= 0.3 is 160 Å². The van der Waals surface area contributed by atoms with E-state index in [1.165, 1.54) is 0 Å². The predicted molar refractivity (Wildman–Crippen MR) is 19.3 cm³/mol. The van der Waals surface area contributed by atoms with Crippen molar-refractivity contribution in [1.82, 2.24) is 0 Å². The van der Waals surface area contributed by atoms with Crippen molar-refractivity contribution >= 4 is 43.5 Å². The van der Waals surface area contributed by atoms with Gasteiger partial charge in [-0.25, -0.2) is 0 Å². The van der Waals surface area contributed by atoms with Crippen LogP contribution in [0.4, 0.5) is 0 Å². The molecule has 0 N–H and O–H groups in total. The minimum Gasteiger partial charge on any atom is 2.00 e. The molecule has 0 aliphatic heterocycles. The van der Waals surface area contributed by atoms with Gasteiger partial charge in [0.2, 0.25) is 0 Å². The fraction of sp³-hybridized carbons (Fsp3) is 0. The molecular formula is As3CrCu3O12. The molecule has 0 aromatic carbocycles. The third-order valence-electron chi connectivity index (χ3n) is 0. The molecule has 12 nitrogen and oxygen atoms in total. The van der Waals surface area contributed by atoms with Gasteiger partial charge in [-0.1, -0.05) is 0 Å². The molecule has 0 aliphatic carbocycles. The molecule has 0 atom stereocenters. The van der Waals surface area contributed by atoms with Crippen LogP contribution < -0.4 is 36.9 Å². The van der Waals surface area contributed by atoms with Crippen LogP contribution in [-0.2, 0) is 79.8 Å². The monoisotopic (exact) mass is 657 g/mol. The van der Waals surface area contributed by atoms with Crippen LogP contribution in [0.25, 0.3) is 0 Å². The second-order valence-corrected chi connectivity index (χ2v) is 6.97. The Labute approximate surface area is 158 Å². The number of hydrogen-bond acceptors (Lipinski definition) is 12. The first kappa shape index (κ1) is 43.1. The van der Waals surface area contributed by atoms with E-state index < -0.39 is 43.5 Å². The summed E-state index contributed by atoms with van der Waals surface area (Å²) < 4.78 is 103. The van der Waals surface area contributed by atoms with Gasteiger partial charge in [0.15, 0.2) is 0 Å². The largest absolute Gasteiger partial charge is 3.00 e. The number of hydrogen-bond donors (Lipinski definition) is 0. The minimum absolute atomic E-state index is 0. The Kier molecular flexibility index (Phi) is 42.7. The summed E-state index contributed by atoms with van der Waals surface area (Å²) in [6.45, 7) is 0. The maximum Gasteiger partial charge on any atom is 3.00 e. The summed E-state index contributed by atoms with van der Waals surface area (Å²) in [6.07, 6.45) is 0. The summed E-state index contributed by atoms with van der Waals surface area (Å²) in [5.74, 6) is 0. The average Bonchev–Trinajstić information content (AvgIpc) is 1.41. The summed E-state index contributed by atoms with van der Waals surface area (Å²) in [4.78, 5) is 0. The van der Waals surface area contributed by atoms with Crippen molar-refractivity contribution in [2.24, 2.45) is 0 Å². The molecule has 19 heavy (non-hydrogen) atoms. The molecule has 19 heteroatoms. The Hall–Kier alpha value is 2.81. The van der Waals surface area contributed by atoms with Gasteiger partial charge in [0.1, 0.15) is 0 Å². The molecule has 0 amide bonds. The zero-order valence-corrected chi connectivity index (χ0v) is 17.3. The van der Waals surface area contributed by atoms with Crippen molar-refractivity contribution in [2.45, 2.75) is 0 Å². The van der Waals surface area contributed by atoms with E-state index in [0.29, 0.717) is 0 Å². The van der Waals surface area contributed by atoms with Crippen molar-refractivity contribution < 1.29 is 117 Å². The van der Waals surface area contributed by atoms with E-state index in [1.54, 1.807) is 0 Å². The quantitative estimate of drug-likeness (QED) is 0.220.